The number of ether oxygens (including phenoxy) is 1. The van der Waals surface area contributed by atoms with E-state index in [-0.39, 0.29) is 0 Å². The van der Waals surface area contributed by atoms with Gasteiger partial charge in [-0.05, 0) is 43.5 Å². The molecule has 0 saturated heterocycles. The van der Waals surface area contributed by atoms with Crippen molar-refractivity contribution in [2.75, 3.05) is 6.61 Å². The molecule has 1 aromatic carbocycles. The molecule has 2 aromatic rings. The van der Waals surface area contributed by atoms with Crippen LogP contribution < -0.4 is 9.16 Å². The van der Waals surface area contributed by atoms with Gasteiger partial charge in [-0.1, -0.05) is 6.92 Å². The van der Waals surface area contributed by atoms with Gasteiger partial charge in [0.05, 0.1) is 16.7 Å². The van der Waals surface area contributed by atoms with Crippen LogP contribution in [0.2, 0.25) is 0 Å². The Balaban J connectivity index is 1.97. The first-order valence-corrected chi connectivity index (χ1v) is 7.31. The van der Waals surface area contributed by atoms with Gasteiger partial charge >= 0.3 is 0 Å². The Bertz CT molecular complexity index is 705. The Morgan fingerprint density at radius 3 is 2.76 bits per heavy atom. The first kappa shape index (κ1) is 13.7. The second kappa shape index (κ2) is 5.60. The fourth-order valence-electron chi connectivity index (χ4n) is 2.69. The lowest BCUT2D eigenvalue weighted by Gasteiger charge is -2.18. The third-order valence-electron chi connectivity index (χ3n) is 3.75. The second-order valence-electron chi connectivity index (χ2n) is 5.25. The van der Waals surface area contributed by atoms with Crippen LogP contribution in [0.5, 0.6) is 5.75 Å². The Morgan fingerprint density at radius 2 is 2.05 bits per heavy atom. The molecule has 0 fully saturated rings. The zero-order valence-corrected chi connectivity index (χ0v) is 12.0. The summed E-state index contributed by atoms with van der Waals surface area (Å²) >= 11 is 0. The van der Waals surface area contributed by atoms with Crippen molar-refractivity contribution in [2.24, 2.45) is 0 Å². The predicted octanol–water partition coefficient (Wildman–Crippen LogP) is 2.69. The molecular weight excluding hydrogens is 268 g/mol. The standard InChI is InChI=1S/C16H18N2O3/c1-2-10-21-13-8-6-12(7-9-13)16-11-17(19)14-4-3-5-15(14)18(16)20/h6-9,11H,2-5,10H2,1H3. The third-order valence-corrected chi connectivity index (χ3v) is 3.75. The Kier molecular flexibility index (Phi) is 3.64. The summed E-state index contributed by atoms with van der Waals surface area (Å²) in [4.78, 5) is 12.0. The minimum atomic E-state index is 0.396. The van der Waals surface area contributed by atoms with Crippen LogP contribution in [0, 0.1) is 10.1 Å². The highest BCUT2D eigenvalue weighted by Gasteiger charge is 2.25. The average Bonchev–Trinajstić information content (AvgIpc) is 3.00. The van der Waals surface area contributed by atoms with Gasteiger partial charge in [0.15, 0.2) is 0 Å². The van der Waals surface area contributed by atoms with E-state index in [4.69, 9.17) is 4.74 Å². The van der Waals surface area contributed by atoms with Crippen molar-refractivity contribution in [3.63, 3.8) is 0 Å². The van der Waals surface area contributed by atoms with Crippen molar-refractivity contribution in [1.82, 2.24) is 4.73 Å². The molecule has 0 N–H and O–H groups in total. The first-order chi connectivity index (χ1) is 10.2. The number of hydrogen-bond acceptors (Lipinski definition) is 3. The smallest absolute Gasteiger partial charge is 0.258 e. The summed E-state index contributed by atoms with van der Waals surface area (Å²) in [6.07, 6.45) is 4.55. The van der Waals surface area contributed by atoms with Crippen molar-refractivity contribution in [2.45, 2.75) is 32.6 Å². The summed E-state index contributed by atoms with van der Waals surface area (Å²) in [7, 11) is 0. The normalized spacial score (nSPS) is 13.2. The van der Waals surface area contributed by atoms with E-state index in [9.17, 15) is 10.1 Å². The maximum atomic E-state index is 12.4. The molecule has 0 radical (unpaired) electrons. The van der Waals surface area contributed by atoms with E-state index in [0.29, 0.717) is 36.5 Å². The van der Waals surface area contributed by atoms with Crippen LogP contribution in [0.1, 0.15) is 31.2 Å². The zero-order valence-electron chi connectivity index (χ0n) is 12.0. The molecule has 0 amide bonds. The Morgan fingerprint density at radius 1 is 1.29 bits per heavy atom. The molecule has 5 heteroatoms. The molecule has 0 atom stereocenters. The number of aromatic nitrogens is 2. The quantitative estimate of drug-likeness (QED) is 0.812. The largest absolute Gasteiger partial charge is 0.805 e. The molecule has 0 bridgehead atoms. The van der Waals surface area contributed by atoms with Gasteiger partial charge in [-0.3, -0.25) is 0 Å². The van der Waals surface area contributed by atoms with Crippen LogP contribution in [-0.2, 0) is 12.8 Å². The number of hydrogen-bond donors (Lipinski definition) is 0. The zero-order chi connectivity index (χ0) is 14.8. The van der Waals surface area contributed by atoms with Crippen LogP contribution in [-0.4, -0.2) is 11.3 Å². The van der Waals surface area contributed by atoms with Crippen molar-refractivity contribution in [3.8, 4) is 17.0 Å². The molecule has 5 nitrogen and oxygen atoms in total. The molecule has 110 valence electrons. The van der Waals surface area contributed by atoms with E-state index in [1.807, 2.05) is 31.2 Å². The predicted molar refractivity (Wildman–Crippen MR) is 79.8 cm³/mol. The van der Waals surface area contributed by atoms with Crippen molar-refractivity contribution < 1.29 is 9.16 Å². The fourth-order valence-corrected chi connectivity index (χ4v) is 2.69. The lowest BCUT2D eigenvalue weighted by atomic mass is 10.1. The lowest BCUT2D eigenvalue weighted by Crippen LogP contribution is -2.24. The maximum absolute atomic E-state index is 12.4. The Labute approximate surface area is 123 Å². The van der Waals surface area contributed by atoms with Crippen LogP contribution in [0.3, 0.4) is 0 Å². The van der Waals surface area contributed by atoms with Crippen LogP contribution >= 0.6 is 0 Å². The molecular formula is C16H18N2O3. The highest BCUT2D eigenvalue weighted by atomic mass is 16.5. The van der Waals surface area contributed by atoms with Gasteiger partial charge in [0.2, 0.25) is 0 Å². The van der Waals surface area contributed by atoms with Crippen LogP contribution in [0.4, 0.5) is 0 Å². The molecule has 0 spiro atoms. The highest BCUT2D eigenvalue weighted by molar-refractivity contribution is 5.60. The van der Waals surface area contributed by atoms with Crippen molar-refractivity contribution in [1.29, 1.82) is 0 Å². The van der Waals surface area contributed by atoms with Gasteiger partial charge in [0.25, 0.3) is 11.9 Å². The minimum absolute atomic E-state index is 0.396. The molecule has 1 aliphatic carbocycles. The Hall–Kier alpha value is -2.30. The number of fused-ring (bicyclic) bond motifs is 1. The van der Waals surface area contributed by atoms with Crippen LogP contribution in [0.25, 0.3) is 11.3 Å². The molecule has 1 aromatic heterocycles. The van der Waals surface area contributed by atoms with Gasteiger partial charge in [0, 0.05) is 16.9 Å². The summed E-state index contributed by atoms with van der Waals surface area (Å²) in [6.45, 7) is 2.71. The van der Waals surface area contributed by atoms with E-state index in [1.54, 1.807) is 0 Å². The summed E-state index contributed by atoms with van der Waals surface area (Å²) in [5.74, 6) is 0.772. The van der Waals surface area contributed by atoms with Crippen molar-refractivity contribution >= 4 is 0 Å². The monoisotopic (exact) mass is 286 g/mol. The average molecular weight is 286 g/mol. The minimum Gasteiger partial charge on any atom is -0.805 e. The second-order valence-corrected chi connectivity index (χ2v) is 5.25. The van der Waals surface area contributed by atoms with Gasteiger partial charge < -0.3 is 14.7 Å². The number of benzene rings is 1. The van der Waals surface area contributed by atoms with Gasteiger partial charge in [-0.25, -0.2) is 0 Å². The maximum Gasteiger partial charge on any atom is 0.258 e. The van der Waals surface area contributed by atoms with Crippen LogP contribution in [0.15, 0.2) is 30.5 Å². The summed E-state index contributed by atoms with van der Waals surface area (Å²) in [5.41, 5.74) is 2.34. The van der Waals surface area contributed by atoms with E-state index in [1.165, 1.54) is 6.20 Å². The molecule has 21 heavy (non-hydrogen) atoms. The summed E-state index contributed by atoms with van der Waals surface area (Å²) in [6, 6.07) is 7.28. The molecule has 3 rings (SSSR count). The van der Waals surface area contributed by atoms with E-state index in [0.717, 1.165) is 33.3 Å². The van der Waals surface area contributed by atoms with Gasteiger partial charge in [-0.2, -0.15) is 0 Å². The summed E-state index contributed by atoms with van der Waals surface area (Å²) < 4.78 is 7.26. The van der Waals surface area contributed by atoms with Gasteiger partial charge in [0.1, 0.15) is 11.4 Å². The molecule has 0 unspecified atom stereocenters. The number of nitrogens with zero attached hydrogens (tertiary/aromatic N) is 2. The molecule has 0 aliphatic heterocycles. The SMILES string of the molecule is CCCOc1ccc(-c2c[n+](=O)c3c(n2[O-])CCC3)cc1. The van der Waals surface area contributed by atoms with Gasteiger partial charge in [-0.15, -0.1) is 0 Å². The van der Waals surface area contributed by atoms with E-state index in [2.05, 4.69) is 0 Å². The third kappa shape index (κ3) is 2.51. The lowest BCUT2D eigenvalue weighted by molar-refractivity contribution is -0.504. The summed E-state index contributed by atoms with van der Waals surface area (Å²) in [5, 5.41) is 12.4. The molecule has 0 saturated carbocycles. The molecule has 1 aliphatic rings. The van der Waals surface area contributed by atoms with Crippen molar-refractivity contribution in [3.05, 3.63) is 52.0 Å². The molecule has 1 heterocycles. The van der Waals surface area contributed by atoms with E-state index < -0.39 is 0 Å². The van der Waals surface area contributed by atoms with E-state index >= 15 is 0 Å². The highest BCUT2D eigenvalue weighted by Crippen LogP contribution is 2.26. The number of rotatable bonds is 4. The fraction of sp³-hybridized carbons (Fsp3) is 0.375. The first-order valence-electron chi connectivity index (χ1n) is 7.31. The topological polar surface area (TPSA) is 60.2 Å².